The molecule has 1 rings (SSSR count). The Morgan fingerprint density at radius 3 is 2.33 bits per heavy atom. The minimum atomic E-state index is -4.62. The van der Waals surface area contributed by atoms with Gasteiger partial charge < -0.3 is 0 Å². The lowest BCUT2D eigenvalue weighted by atomic mass is 10.0. The molecule has 5 heteroatoms. The third-order valence-corrected chi connectivity index (χ3v) is 1.86. The van der Waals surface area contributed by atoms with Crippen molar-refractivity contribution in [1.29, 1.82) is 0 Å². The minimum Gasteiger partial charge on any atom is -0.298 e. The van der Waals surface area contributed by atoms with Crippen molar-refractivity contribution in [3.8, 4) is 0 Å². The van der Waals surface area contributed by atoms with Crippen LogP contribution in [0.2, 0.25) is 0 Å². The summed E-state index contributed by atoms with van der Waals surface area (Å²) in [7, 11) is 0. The first-order valence-electron chi connectivity index (χ1n) is 4.03. The van der Waals surface area contributed by atoms with E-state index in [1.54, 1.807) is 0 Å². The largest absolute Gasteiger partial charge is 0.417 e. The molecule has 0 amide bonds. The van der Waals surface area contributed by atoms with Crippen LogP contribution in [-0.4, -0.2) is 12.1 Å². The topological polar surface area (TPSA) is 34.1 Å². The van der Waals surface area contributed by atoms with Crippen LogP contribution in [0.4, 0.5) is 13.2 Å². The smallest absolute Gasteiger partial charge is 0.298 e. The van der Waals surface area contributed by atoms with Crippen LogP contribution in [0.5, 0.6) is 0 Å². The second-order valence-corrected chi connectivity index (χ2v) is 2.98. The molecule has 0 heterocycles. The Labute approximate surface area is 83.7 Å². The Morgan fingerprint density at radius 2 is 1.93 bits per heavy atom. The SMILES string of the molecule is CC(=O)c1ccc(C=O)cc1C(F)(F)F. The lowest BCUT2D eigenvalue weighted by Gasteiger charge is -2.10. The number of Topliss-reactive ketones (excluding diaryl/α,β-unsaturated/α-hetero) is 1. The van der Waals surface area contributed by atoms with Crippen LogP contribution in [0.25, 0.3) is 0 Å². The van der Waals surface area contributed by atoms with Crippen molar-refractivity contribution in [2.45, 2.75) is 13.1 Å². The van der Waals surface area contributed by atoms with E-state index in [0.29, 0.717) is 12.4 Å². The van der Waals surface area contributed by atoms with Crippen LogP contribution in [-0.2, 0) is 6.18 Å². The summed E-state index contributed by atoms with van der Waals surface area (Å²) in [5.74, 6) is -0.681. The molecule has 0 atom stereocenters. The molecular weight excluding hydrogens is 209 g/mol. The molecule has 15 heavy (non-hydrogen) atoms. The first kappa shape index (κ1) is 11.4. The zero-order valence-electron chi connectivity index (χ0n) is 7.76. The Bertz CT molecular complexity index is 408. The maximum atomic E-state index is 12.5. The summed E-state index contributed by atoms with van der Waals surface area (Å²) in [5.41, 5.74) is -1.60. The first-order chi connectivity index (χ1) is 6.86. The molecule has 0 N–H and O–H groups in total. The van der Waals surface area contributed by atoms with Crippen LogP contribution in [0, 0.1) is 0 Å². The molecule has 0 aliphatic heterocycles. The summed E-state index contributed by atoms with van der Waals surface area (Å²) < 4.78 is 37.4. The zero-order valence-corrected chi connectivity index (χ0v) is 7.76. The number of alkyl halides is 3. The predicted molar refractivity (Wildman–Crippen MR) is 46.8 cm³/mol. The third-order valence-electron chi connectivity index (χ3n) is 1.86. The number of rotatable bonds is 2. The van der Waals surface area contributed by atoms with Crippen LogP contribution >= 0.6 is 0 Å². The number of aldehydes is 1. The summed E-state index contributed by atoms with van der Waals surface area (Å²) in [6.45, 7) is 1.05. The van der Waals surface area contributed by atoms with Gasteiger partial charge in [0.2, 0.25) is 0 Å². The summed E-state index contributed by atoms with van der Waals surface area (Å²) in [5, 5.41) is 0. The van der Waals surface area contributed by atoms with Crippen LogP contribution < -0.4 is 0 Å². The number of carbonyl (C=O) groups is 2. The molecule has 0 saturated carbocycles. The van der Waals surface area contributed by atoms with Gasteiger partial charge in [0.1, 0.15) is 6.29 Å². The van der Waals surface area contributed by atoms with E-state index in [1.807, 2.05) is 0 Å². The highest BCUT2D eigenvalue weighted by Crippen LogP contribution is 2.32. The summed E-state index contributed by atoms with van der Waals surface area (Å²) in [4.78, 5) is 21.2. The van der Waals surface area contributed by atoms with E-state index >= 15 is 0 Å². The molecule has 0 aromatic heterocycles. The predicted octanol–water partition coefficient (Wildman–Crippen LogP) is 2.72. The number of halogens is 3. The van der Waals surface area contributed by atoms with Crippen molar-refractivity contribution in [2.75, 3.05) is 0 Å². The van der Waals surface area contributed by atoms with Crippen molar-refractivity contribution < 1.29 is 22.8 Å². The molecular formula is C10H7F3O2. The summed E-state index contributed by atoms with van der Waals surface area (Å²) in [6, 6.07) is 2.86. The van der Waals surface area contributed by atoms with Crippen LogP contribution in [0.15, 0.2) is 18.2 Å². The molecule has 0 radical (unpaired) electrons. The highest BCUT2D eigenvalue weighted by molar-refractivity contribution is 5.96. The first-order valence-corrected chi connectivity index (χ1v) is 4.03. The molecule has 0 bridgehead atoms. The van der Waals surface area contributed by atoms with E-state index in [1.165, 1.54) is 6.07 Å². The van der Waals surface area contributed by atoms with Gasteiger partial charge in [-0.1, -0.05) is 12.1 Å². The molecule has 2 nitrogen and oxygen atoms in total. The van der Waals surface area contributed by atoms with Gasteiger partial charge in [0.25, 0.3) is 0 Å². The Morgan fingerprint density at radius 1 is 1.33 bits per heavy atom. The lowest BCUT2D eigenvalue weighted by Crippen LogP contribution is -2.12. The molecule has 1 aromatic rings. The molecule has 0 unspecified atom stereocenters. The minimum absolute atomic E-state index is 0.104. The zero-order chi connectivity index (χ0) is 11.6. The van der Waals surface area contributed by atoms with Gasteiger partial charge in [0.05, 0.1) is 5.56 Å². The van der Waals surface area contributed by atoms with E-state index < -0.39 is 23.1 Å². The second kappa shape index (κ2) is 3.84. The lowest BCUT2D eigenvalue weighted by molar-refractivity contribution is -0.137. The highest BCUT2D eigenvalue weighted by atomic mass is 19.4. The molecule has 0 spiro atoms. The van der Waals surface area contributed by atoms with Gasteiger partial charge in [-0.3, -0.25) is 9.59 Å². The van der Waals surface area contributed by atoms with Gasteiger partial charge in [-0.25, -0.2) is 0 Å². The fourth-order valence-corrected chi connectivity index (χ4v) is 1.18. The van der Waals surface area contributed by atoms with Gasteiger partial charge in [-0.2, -0.15) is 13.2 Å². The normalized spacial score (nSPS) is 11.2. The Hall–Kier alpha value is -1.65. The number of carbonyl (C=O) groups excluding carboxylic acids is 2. The van der Waals surface area contributed by atoms with Crippen LogP contribution in [0.1, 0.15) is 33.2 Å². The van der Waals surface area contributed by atoms with Crippen molar-refractivity contribution in [2.24, 2.45) is 0 Å². The summed E-state index contributed by atoms with van der Waals surface area (Å²) in [6.07, 6.45) is -4.32. The number of benzene rings is 1. The van der Waals surface area contributed by atoms with Gasteiger partial charge in [-0.15, -0.1) is 0 Å². The maximum absolute atomic E-state index is 12.5. The van der Waals surface area contributed by atoms with Crippen molar-refractivity contribution >= 4 is 12.1 Å². The third kappa shape index (κ3) is 2.43. The van der Waals surface area contributed by atoms with Crippen molar-refractivity contribution in [3.05, 3.63) is 34.9 Å². The van der Waals surface area contributed by atoms with E-state index in [4.69, 9.17) is 0 Å². The Kier molecular flexibility index (Phi) is 2.93. The quantitative estimate of drug-likeness (QED) is 0.562. The van der Waals surface area contributed by atoms with Crippen molar-refractivity contribution in [3.63, 3.8) is 0 Å². The second-order valence-electron chi connectivity index (χ2n) is 2.98. The highest BCUT2D eigenvalue weighted by Gasteiger charge is 2.34. The summed E-state index contributed by atoms with van der Waals surface area (Å²) >= 11 is 0. The van der Waals surface area contributed by atoms with Gasteiger partial charge in [0.15, 0.2) is 5.78 Å². The molecule has 0 aliphatic carbocycles. The molecule has 1 aromatic carbocycles. The maximum Gasteiger partial charge on any atom is 0.417 e. The standard InChI is InChI=1S/C10H7F3O2/c1-6(15)8-3-2-7(5-14)4-9(8)10(11,12)13/h2-5H,1H3. The Balaban J connectivity index is 3.42. The average Bonchev–Trinajstić information content (AvgIpc) is 2.15. The van der Waals surface area contributed by atoms with E-state index in [2.05, 4.69) is 0 Å². The van der Waals surface area contributed by atoms with Gasteiger partial charge in [-0.05, 0) is 13.0 Å². The molecule has 0 saturated heterocycles. The van der Waals surface area contributed by atoms with E-state index in [0.717, 1.165) is 13.0 Å². The van der Waals surface area contributed by atoms with Crippen LogP contribution in [0.3, 0.4) is 0 Å². The fourth-order valence-electron chi connectivity index (χ4n) is 1.18. The molecule has 0 aliphatic rings. The number of ketones is 1. The average molecular weight is 216 g/mol. The number of hydrogen-bond donors (Lipinski definition) is 0. The van der Waals surface area contributed by atoms with E-state index in [-0.39, 0.29) is 5.56 Å². The van der Waals surface area contributed by atoms with Gasteiger partial charge >= 0.3 is 6.18 Å². The fraction of sp³-hybridized carbons (Fsp3) is 0.200. The molecule has 0 fully saturated rings. The van der Waals surface area contributed by atoms with Crippen molar-refractivity contribution in [1.82, 2.24) is 0 Å². The monoisotopic (exact) mass is 216 g/mol. The van der Waals surface area contributed by atoms with Gasteiger partial charge in [0, 0.05) is 11.1 Å². The molecule has 80 valence electrons. The number of hydrogen-bond acceptors (Lipinski definition) is 2. The van der Waals surface area contributed by atoms with E-state index in [9.17, 15) is 22.8 Å².